The molecule has 5 nitrogen and oxygen atoms in total. The summed E-state index contributed by atoms with van der Waals surface area (Å²) in [5, 5.41) is 0. The molecule has 6 heteroatoms. The van der Waals surface area contributed by atoms with Crippen LogP contribution in [-0.4, -0.2) is 32.0 Å². The predicted molar refractivity (Wildman–Crippen MR) is 62.1 cm³/mol. The summed E-state index contributed by atoms with van der Waals surface area (Å²) in [5.41, 5.74) is 0. The molecule has 0 radical (unpaired) electrons. The molecule has 0 aliphatic carbocycles. The van der Waals surface area contributed by atoms with E-state index in [1.807, 2.05) is 6.07 Å². The van der Waals surface area contributed by atoms with Gasteiger partial charge in [-0.2, -0.15) is 0 Å². The molecule has 0 amide bonds. The fraction of sp³-hybridized carbons (Fsp3) is 0.400. The Kier molecular flexibility index (Phi) is 9.64. The van der Waals surface area contributed by atoms with Gasteiger partial charge in [-0.05, 0) is 28.9 Å². The molecule has 90 valence electrons. The van der Waals surface area contributed by atoms with E-state index in [0.29, 0.717) is 18.8 Å². The van der Waals surface area contributed by atoms with Crippen LogP contribution in [0.3, 0.4) is 0 Å². The van der Waals surface area contributed by atoms with Crippen LogP contribution in [0.15, 0.2) is 22.9 Å². The topological polar surface area (TPSA) is 57.7 Å². The third-order valence-electron chi connectivity index (χ3n) is 1.26. The van der Waals surface area contributed by atoms with Gasteiger partial charge in [0.25, 0.3) is 6.47 Å². The molecule has 0 aliphatic rings. The van der Waals surface area contributed by atoms with Crippen LogP contribution in [0.2, 0.25) is 0 Å². The third-order valence-corrected chi connectivity index (χ3v) is 1.69. The highest BCUT2D eigenvalue weighted by atomic mass is 79.9. The first-order chi connectivity index (χ1) is 7.74. The van der Waals surface area contributed by atoms with Gasteiger partial charge in [-0.1, -0.05) is 0 Å². The maximum Gasteiger partial charge on any atom is 0.293 e. The van der Waals surface area contributed by atoms with Crippen molar-refractivity contribution >= 4 is 22.4 Å². The maximum atomic E-state index is 9.18. The Hall–Kier alpha value is -1.14. The van der Waals surface area contributed by atoms with Gasteiger partial charge in [0.05, 0.1) is 12.8 Å². The summed E-state index contributed by atoms with van der Waals surface area (Å²) in [6, 6.07) is 1.83. The van der Waals surface area contributed by atoms with E-state index in [1.54, 1.807) is 26.4 Å². The average Bonchev–Trinajstić information content (AvgIpc) is 2.28. The monoisotopic (exact) mass is 291 g/mol. The number of hydrogen-bond donors (Lipinski definition) is 0. The first-order valence-corrected chi connectivity index (χ1v) is 5.31. The summed E-state index contributed by atoms with van der Waals surface area (Å²) in [4.78, 5) is 13.1. The number of pyridine rings is 1. The van der Waals surface area contributed by atoms with Crippen LogP contribution in [-0.2, 0) is 14.3 Å². The molecular weight excluding hydrogens is 278 g/mol. The van der Waals surface area contributed by atoms with Crippen LogP contribution in [0.4, 0.5) is 0 Å². The van der Waals surface area contributed by atoms with Gasteiger partial charge < -0.3 is 14.2 Å². The van der Waals surface area contributed by atoms with E-state index < -0.39 is 0 Å². The second kappa shape index (κ2) is 10.4. The summed E-state index contributed by atoms with van der Waals surface area (Å²) >= 11 is 3.27. The molecule has 0 N–H and O–H groups in total. The minimum absolute atomic E-state index is 0.248. The molecule has 16 heavy (non-hydrogen) atoms. The Morgan fingerprint density at radius 3 is 2.69 bits per heavy atom. The molecule has 0 atom stereocenters. The summed E-state index contributed by atoms with van der Waals surface area (Å²) in [5.74, 6) is 0.696. The Morgan fingerprint density at radius 1 is 1.50 bits per heavy atom. The van der Waals surface area contributed by atoms with E-state index in [9.17, 15) is 4.79 Å². The largest absolute Gasteiger partial charge is 0.468 e. The second-order valence-electron chi connectivity index (χ2n) is 2.44. The number of aromatic nitrogens is 1. The number of nitrogens with zero attached hydrogens (tertiary/aromatic N) is 1. The predicted octanol–water partition coefficient (Wildman–Crippen LogP) is 2.01. The number of hydrogen-bond acceptors (Lipinski definition) is 5. The maximum absolute atomic E-state index is 9.18. The first-order valence-electron chi connectivity index (χ1n) is 4.52. The zero-order valence-corrected chi connectivity index (χ0v) is 10.8. The molecule has 1 rings (SSSR count). The van der Waals surface area contributed by atoms with Crippen molar-refractivity contribution in [2.45, 2.75) is 6.92 Å². The van der Waals surface area contributed by atoms with Crippen LogP contribution < -0.4 is 4.74 Å². The highest BCUT2D eigenvalue weighted by Crippen LogP contribution is 2.15. The van der Waals surface area contributed by atoms with Gasteiger partial charge in [-0.25, -0.2) is 0 Å². The zero-order chi connectivity index (χ0) is 12.2. The molecule has 0 aromatic carbocycles. The van der Waals surface area contributed by atoms with E-state index in [2.05, 4.69) is 25.7 Å². The fourth-order valence-electron chi connectivity index (χ4n) is 0.666. The molecule has 0 saturated carbocycles. The molecule has 1 aromatic rings. The number of carbonyl (C=O) groups is 1. The molecule has 0 fully saturated rings. The second-order valence-corrected chi connectivity index (χ2v) is 3.36. The van der Waals surface area contributed by atoms with Gasteiger partial charge in [0.1, 0.15) is 5.75 Å². The molecule has 0 aliphatic heterocycles. The van der Waals surface area contributed by atoms with Crippen molar-refractivity contribution < 1.29 is 19.0 Å². The molecule has 0 bridgehead atoms. The fourth-order valence-corrected chi connectivity index (χ4v) is 1.01. The van der Waals surface area contributed by atoms with Gasteiger partial charge in [-0.15, -0.1) is 0 Å². The first kappa shape index (κ1) is 14.9. The van der Waals surface area contributed by atoms with Crippen molar-refractivity contribution in [2.24, 2.45) is 0 Å². The molecular formula is C10H14BrNO4. The number of ether oxygens (including phenoxy) is 3. The van der Waals surface area contributed by atoms with Crippen LogP contribution in [0.25, 0.3) is 0 Å². The van der Waals surface area contributed by atoms with Crippen LogP contribution in [0.5, 0.6) is 5.75 Å². The zero-order valence-electron chi connectivity index (χ0n) is 9.18. The quantitative estimate of drug-likeness (QED) is 0.613. The number of methoxy groups -OCH3 is 1. The lowest BCUT2D eigenvalue weighted by Crippen LogP contribution is -1.98. The number of halogens is 1. The van der Waals surface area contributed by atoms with E-state index in [0.717, 1.165) is 4.47 Å². The third kappa shape index (κ3) is 8.19. The van der Waals surface area contributed by atoms with Gasteiger partial charge in [0.2, 0.25) is 0 Å². The smallest absolute Gasteiger partial charge is 0.293 e. The minimum atomic E-state index is 0.248. The van der Waals surface area contributed by atoms with Crippen LogP contribution in [0.1, 0.15) is 6.92 Å². The van der Waals surface area contributed by atoms with Gasteiger partial charge >= 0.3 is 0 Å². The lowest BCUT2D eigenvalue weighted by atomic mass is 10.5. The van der Waals surface area contributed by atoms with Gasteiger partial charge in [0, 0.05) is 17.8 Å². The van der Waals surface area contributed by atoms with E-state index >= 15 is 0 Å². The van der Waals surface area contributed by atoms with E-state index in [-0.39, 0.29) is 6.79 Å². The van der Waals surface area contributed by atoms with Crippen molar-refractivity contribution in [1.82, 2.24) is 4.98 Å². The molecule has 1 heterocycles. The highest BCUT2D eigenvalue weighted by molar-refractivity contribution is 9.10. The van der Waals surface area contributed by atoms with Crippen molar-refractivity contribution in [3.05, 3.63) is 22.9 Å². The van der Waals surface area contributed by atoms with E-state index in [1.165, 1.54) is 0 Å². The van der Waals surface area contributed by atoms with Crippen LogP contribution in [0, 0.1) is 0 Å². The normalized spacial score (nSPS) is 8.69. The average molecular weight is 292 g/mol. The molecule has 1 aromatic heterocycles. The van der Waals surface area contributed by atoms with Gasteiger partial charge in [-0.3, -0.25) is 9.78 Å². The minimum Gasteiger partial charge on any atom is -0.468 e. The van der Waals surface area contributed by atoms with Crippen molar-refractivity contribution in [2.75, 3.05) is 20.5 Å². The standard InChI is InChI=1S/C7H8BrNO2.C3H6O2/c1-10-5-11-7-2-6(8)3-9-4-7;1-2-5-3-4/h2-4H,5H2,1H3;3H,2H2,1H3. The van der Waals surface area contributed by atoms with Crippen molar-refractivity contribution in [1.29, 1.82) is 0 Å². The van der Waals surface area contributed by atoms with Crippen LogP contribution >= 0.6 is 15.9 Å². The Morgan fingerprint density at radius 2 is 2.25 bits per heavy atom. The lowest BCUT2D eigenvalue weighted by Gasteiger charge is -2.02. The van der Waals surface area contributed by atoms with Crippen molar-refractivity contribution in [3.8, 4) is 5.75 Å². The van der Waals surface area contributed by atoms with E-state index in [4.69, 9.17) is 9.47 Å². The highest BCUT2D eigenvalue weighted by Gasteiger charge is 1.93. The lowest BCUT2D eigenvalue weighted by molar-refractivity contribution is -0.128. The molecule has 0 unspecified atom stereocenters. The SMILES string of the molecule is CCOC=O.COCOc1cncc(Br)c1. The summed E-state index contributed by atoms with van der Waals surface area (Å²) in [6.45, 7) is 2.91. The summed E-state index contributed by atoms with van der Waals surface area (Å²) < 4.78 is 14.9. The molecule has 0 spiro atoms. The van der Waals surface area contributed by atoms with Gasteiger partial charge in [0.15, 0.2) is 6.79 Å². The summed E-state index contributed by atoms with van der Waals surface area (Å²) in [7, 11) is 1.57. The Labute approximate surface area is 103 Å². The number of carbonyl (C=O) groups excluding carboxylic acids is 1. The Balaban J connectivity index is 0.000000385. The number of rotatable bonds is 5. The van der Waals surface area contributed by atoms with Crippen molar-refractivity contribution in [3.63, 3.8) is 0 Å². The summed E-state index contributed by atoms with van der Waals surface area (Å²) in [6.07, 6.45) is 3.32. The Bertz CT molecular complexity index is 296. The molecule has 0 saturated heterocycles.